The minimum Gasteiger partial charge on any atom is -0.370 e. The second-order valence-corrected chi connectivity index (χ2v) is 6.31. The van der Waals surface area contributed by atoms with Gasteiger partial charge in [-0.05, 0) is 31.1 Å². The molecule has 0 aliphatic carbocycles. The Balaban J connectivity index is 2.27. The fourth-order valence-electron chi connectivity index (χ4n) is 2.20. The molecule has 1 fully saturated rings. The van der Waals surface area contributed by atoms with Crippen LogP contribution < -0.4 is 5.73 Å². The Morgan fingerprint density at radius 2 is 1.71 bits per heavy atom. The lowest BCUT2D eigenvalue weighted by Gasteiger charge is -2.21. The summed E-state index contributed by atoms with van der Waals surface area (Å²) >= 11 is 0. The third kappa shape index (κ3) is 6.54. The van der Waals surface area contributed by atoms with Crippen molar-refractivity contribution >= 4 is 5.96 Å². The van der Waals surface area contributed by atoms with E-state index in [4.69, 9.17) is 5.73 Å². The lowest BCUT2D eigenvalue weighted by molar-refractivity contribution is 0.367. The molecule has 1 aliphatic rings. The van der Waals surface area contributed by atoms with Crippen molar-refractivity contribution in [2.24, 2.45) is 16.1 Å². The molecule has 17 heavy (non-hydrogen) atoms. The van der Waals surface area contributed by atoms with Crippen molar-refractivity contribution in [3.63, 3.8) is 0 Å². The summed E-state index contributed by atoms with van der Waals surface area (Å²) in [6.07, 6.45) is 7.56. The van der Waals surface area contributed by atoms with Crippen LogP contribution in [0.4, 0.5) is 0 Å². The maximum absolute atomic E-state index is 6.04. The Bertz CT molecular complexity index is 232. The van der Waals surface area contributed by atoms with Gasteiger partial charge in [0.25, 0.3) is 0 Å². The first-order valence-electron chi connectivity index (χ1n) is 7.04. The summed E-state index contributed by atoms with van der Waals surface area (Å²) in [6, 6.07) is 0. The quantitative estimate of drug-likeness (QED) is 0.467. The minimum absolute atomic E-state index is 0.410. The highest BCUT2D eigenvalue weighted by Crippen LogP contribution is 2.20. The van der Waals surface area contributed by atoms with Crippen LogP contribution in [-0.2, 0) is 0 Å². The molecular formula is C14H29N3. The van der Waals surface area contributed by atoms with Crippen molar-refractivity contribution < 1.29 is 0 Å². The first kappa shape index (κ1) is 14.3. The van der Waals surface area contributed by atoms with Gasteiger partial charge in [0.15, 0.2) is 5.96 Å². The van der Waals surface area contributed by atoms with Gasteiger partial charge < -0.3 is 10.6 Å². The van der Waals surface area contributed by atoms with E-state index in [2.05, 4.69) is 30.7 Å². The van der Waals surface area contributed by atoms with Gasteiger partial charge in [0.05, 0.1) is 0 Å². The lowest BCUT2D eigenvalue weighted by atomic mass is 9.91. The van der Waals surface area contributed by atoms with Gasteiger partial charge in [-0.1, -0.05) is 33.6 Å². The number of rotatable bonds is 3. The van der Waals surface area contributed by atoms with Crippen molar-refractivity contribution in [3.05, 3.63) is 0 Å². The Kier molecular flexibility index (Phi) is 5.79. The van der Waals surface area contributed by atoms with E-state index in [1.807, 2.05) is 0 Å². The number of hydrogen-bond acceptors (Lipinski definition) is 1. The van der Waals surface area contributed by atoms with Crippen LogP contribution in [0.15, 0.2) is 4.99 Å². The molecule has 0 aromatic carbocycles. The van der Waals surface area contributed by atoms with Gasteiger partial charge in [0.2, 0.25) is 0 Å². The molecule has 0 spiro atoms. The molecule has 1 saturated heterocycles. The van der Waals surface area contributed by atoms with Crippen LogP contribution in [0, 0.1) is 5.41 Å². The minimum atomic E-state index is 0.410. The Hall–Kier alpha value is -0.730. The monoisotopic (exact) mass is 239 g/mol. The van der Waals surface area contributed by atoms with Gasteiger partial charge in [0.1, 0.15) is 0 Å². The smallest absolute Gasteiger partial charge is 0.191 e. The first-order valence-corrected chi connectivity index (χ1v) is 7.04. The summed E-state index contributed by atoms with van der Waals surface area (Å²) < 4.78 is 0. The molecule has 0 saturated carbocycles. The standard InChI is InChI=1S/C14H29N3/c1-14(2,3)9-8-10-16-13(15)17-11-6-4-5-7-12-17/h4-12H2,1-3H3,(H2,15,16). The van der Waals surface area contributed by atoms with Crippen molar-refractivity contribution in [2.45, 2.75) is 59.3 Å². The summed E-state index contributed by atoms with van der Waals surface area (Å²) in [5.74, 6) is 0.765. The number of likely N-dealkylation sites (tertiary alicyclic amines) is 1. The molecule has 0 amide bonds. The third-order valence-corrected chi connectivity index (χ3v) is 3.29. The fourth-order valence-corrected chi connectivity index (χ4v) is 2.20. The number of hydrogen-bond donors (Lipinski definition) is 1. The molecule has 0 atom stereocenters. The van der Waals surface area contributed by atoms with Crippen molar-refractivity contribution in [2.75, 3.05) is 19.6 Å². The second kappa shape index (κ2) is 6.87. The van der Waals surface area contributed by atoms with Crippen LogP contribution in [0.5, 0.6) is 0 Å². The highest BCUT2D eigenvalue weighted by molar-refractivity contribution is 5.78. The van der Waals surface area contributed by atoms with Crippen molar-refractivity contribution in [3.8, 4) is 0 Å². The fraction of sp³-hybridized carbons (Fsp3) is 0.929. The van der Waals surface area contributed by atoms with Crippen LogP contribution in [-0.4, -0.2) is 30.5 Å². The zero-order chi connectivity index (χ0) is 12.7. The summed E-state index contributed by atoms with van der Waals surface area (Å²) in [6.45, 7) is 9.88. The van der Waals surface area contributed by atoms with Crippen LogP contribution in [0.25, 0.3) is 0 Å². The van der Waals surface area contributed by atoms with Crippen LogP contribution >= 0.6 is 0 Å². The maximum atomic E-state index is 6.04. The number of nitrogens with zero attached hydrogens (tertiary/aromatic N) is 2. The van der Waals surface area contributed by atoms with Gasteiger partial charge in [-0.2, -0.15) is 0 Å². The topological polar surface area (TPSA) is 41.6 Å². The second-order valence-electron chi connectivity index (χ2n) is 6.31. The largest absolute Gasteiger partial charge is 0.370 e. The number of aliphatic imine (C=N–C) groups is 1. The number of guanidine groups is 1. The van der Waals surface area contributed by atoms with E-state index in [9.17, 15) is 0 Å². The van der Waals surface area contributed by atoms with Crippen LogP contribution in [0.1, 0.15) is 59.3 Å². The van der Waals surface area contributed by atoms with E-state index < -0.39 is 0 Å². The Morgan fingerprint density at radius 1 is 1.12 bits per heavy atom. The average molecular weight is 239 g/mol. The molecule has 3 nitrogen and oxygen atoms in total. The molecule has 0 bridgehead atoms. The Labute approximate surface area is 106 Å². The van der Waals surface area contributed by atoms with Gasteiger partial charge in [0, 0.05) is 19.6 Å². The molecule has 0 radical (unpaired) electrons. The molecule has 2 N–H and O–H groups in total. The van der Waals surface area contributed by atoms with Gasteiger partial charge >= 0.3 is 0 Å². The van der Waals surface area contributed by atoms with Crippen LogP contribution in [0.2, 0.25) is 0 Å². The van der Waals surface area contributed by atoms with Gasteiger partial charge in [-0.25, -0.2) is 0 Å². The summed E-state index contributed by atoms with van der Waals surface area (Å²) in [7, 11) is 0. The highest BCUT2D eigenvalue weighted by atomic mass is 15.2. The SMILES string of the molecule is CC(C)(C)CCCN=C(N)N1CCCCCC1. The van der Waals surface area contributed by atoms with Crippen LogP contribution in [0.3, 0.4) is 0 Å². The van der Waals surface area contributed by atoms with E-state index in [1.165, 1.54) is 32.1 Å². The van der Waals surface area contributed by atoms with Gasteiger partial charge in [-0.15, -0.1) is 0 Å². The predicted octanol–water partition coefficient (Wildman–Crippen LogP) is 3.00. The summed E-state index contributed by atoms with van der Waals surface area (Å²) in [5.41, 5.74) is 6.45. The molecule has 0 aromatic rings. The zero-order valence-electron chi connectivity index (χ0n) is 11.8. The molecule has 0 unspecified atom stereocenters. The highest BCUT2D eigenvalue weighted by Gasteiger charge is 2.11. The summed E-state index contributed by atoms with van der Waals surface area (Å²) in [5, 5.41) is 0. The third-order valence-electron chi connectivity index (χ3n) is 3.29. The molecular weight excluding hydrogens is 210 g/mol. The lowest BCUT2D eigenvalue weighted by Crippen LogP contribution is -2.38. The van der Waals surface area contributed by atoms with E-state index in [0.717, 1.165) is 32.0 Å². The molecule has 100 valence electrons. The van der Waals surface area contributed by atoms with E-state index >= 15 is 0 Å². The normalized spacial score (nSPS) is 19.2. The van der Waals surface area contributed by atoms with E-state index in [1.54, 1.807) is 0 Å². The summed E-state index contributed by atoms with van der Waals surface area (Å²) in [4.78, 5) is 6.77. The van der Waals surface area contributed by atoms with E-state index in [0.29, 0.717) is 5.41 Å². The Morgan fingerprint density at radius 3 is 2.24 bits per heavy atom. The maximum Gasteiger partial charge on any atom is 0.191 e. The molecule has 1 rings (SSSR count). The molecule has 1 heterocycles. The predicted molar refractivity (Wildman–Crippen MR) is 75.2 cm³/mol. The molecule has 0 aromatic heterocycles. The zero-order valence-corrected chi connectivity index (χ0v) is 11.8. The average Bonchev–Trinajstić information content (AvgIpc) is 2.51. The number of nitrogens with two attached hydrogens (primary N) is 1. The van der Waals surface area contributed by atoms with Crippen molar-refractivity contribution in [1.29, 1.82) is 0 Å². The molecule has 3 heteroatoms. The van der Waals surface area contributed by atoms with Gasteiger partial charge in [-0.3, -0.25) is 4.99 Å². The van der Waals surface area contributed by atoms with E-state index in [-0.39, 0.29) is 0 Å². The van der Waals surface area contributed by atoms with Crippen molar-refractivity contribution in [1.82, 2.24) is 4.90 Å². The first-order chi connectivity index (χ1) is 7.99. The molecule has 1 aliphatic heterocycles.